The van der Waals surface area contributed by atoms with Crippen LogP contribution in [0.4, 0.5) is 4.79 Å². The topological polar surface area (TPSA) is 122 Å². The van der Waals surface area contributed by atoms with Gasteiger partial charge in [0.25, 0.3) is 0 Å². The predicted octanol–water partition coefficient (Wildman–Crippen LogP) is 0.685. The van der Waals surface area contributed by atoms with Gasteiger partial charge < -0.3 is 21.5 Å². The highest BCUT2D eigenvalue weighted by molar-refractivity contribution is 5.89. The summed E-state index contributed by atoms with van der Waals surface area (Å²) in [5.41, 5.74) is 5.03. The van der Waals surface area contributed by atoms with Crippen LogP contribution in [0.1, 0.15) is 40.5 Å². The average molecular weight is 287 g/mol. The van der Waals surface area contributed by atoms with Gasteiger partial charge in [-0.15, -0.1) is 0 Å². The summed E-state index contributed by atoms with van der Waals surface area (Å²) in [5, 5.41) is 13.9. The second-order valence-electron chi connectivity index (χ2n) is 5.72. The van der Waals surface area contributed by atoms with E-state index in [1.165, 1.54) is 0 Å². The van der Waals surface area contributed by atoms with Crippen LogP contribution < -0.4 is 16.4 Å². The van der Waals surface area contributed by atoms with Gasteiger partial charge in [0.15, 0.2) is 0 Å². The van der Waals surface area contributed by atoms with Gasteiger partial charge in [-0.25, -0.2) is 9.59 Å². The van der Waals surface area contributed by atoms with Crippen LogP contribution in [0.25, 0.3) is 0 Å². The molecule has 3 amide bonds. The molecule has 0 spiro atoms. The van der Waals surface area contributed by atoms with E-state index in [-0.39, 0.29) is 11.8 Å². The Bertz CT molecular complexity index is 356. The van der Waals surface area contributed by atoms with Gasteiger partial charge in [-0.3, -0.25) is 4.79 Å². The lowest BCUT2D eigenvalue weighted by Crippen LogP contribution is -2.53. The normalized spacial score (nSPS) is 13.9. The molecular weight excluding hydrogens is 262 g/mol. The van der Waals surface area contributed by atoms with Crippen molar-refractivity contribution in [2.24, 2.45) is 17.6 Å². The second-order valence-corrected chi connectivity index (χ2v) is 5.72. The molecule has 7 heteroatoms. The minimum Gasteiger partial charge on any atom is -0.480 e. The minimum absolute atomic E-state index is 0.129. The molecule has 5 N–H and O–H groups in total. The van der Waals surface area contributed by atoms with E-state index in [0.29, 0.717) is 12.8 Å². The van der Waals surface area contributed by atoms with Crippen molar-refractivity contribution in [3.63, 3.8) is 0 Å². The number of carbonyl (C=O) groups excluding carboxylic acids is 2. The third-order valence-electron chi connectivity index (χ3n) is 2.66. The molecule has 2 atom stereocenters. The summed E-state index contributed by atoms with van der Waals surface area (Å²) in [6.07, 6.45) is 0.717. The minimum atomic E-state index is -1.09. The molecule has 0 saturated heterocycles. The molecule has 7 nitrogen and oxygen atoms in total. The van der Waals surface area contributed by atoms with Crippen molar-refractivity contribution in [3.8, 4) is 0 Å². The number of rotatable bonds is 8. The number of carbonyl (C=O) groups is 3. The smallest absolute Gasteiger partial charge is 0.326 e. The molecule has 0 aliphatic heterocycles. The Morgan fingerprint density at radius 3 is 1.75 bits per heavy atom. The molecule has 0 bridgehead atoms. The molecular formula is C13H25N3O4. The lowest BCUT2D eigenvalue weighted by molar-refractivity contribution is -0.142. The summed E-state index contributed by atoms with van der Waals surface area (Å²) in [6, 6.07) is -2.59. The van der Waals surface area contributed by atoms with Gasteiger partial charge in [0.05, 0.1) is 0 Å². The zero-order valence-electron chi connectivity index (χ0n) is 12.5. The molecule has 0 aliphatic carbocycles. The number of nitrogens with one attached hydrogen (secondary N) is 2. The molecule has 1 unspecified atom stereocenters. The van der Waals surface area contributed by atoms with E-state index in [2.05, 4.69) is 10.6 Å². The number of urea groups is 1. The van der Waals surface area contributed by atoms with E-state index in [4.69, 9.17) is 10.8 Å². The number of amides is 3. The van der Waals surface area contributed by atoms with Crippen LogP contribution in [-0.4, -0.2) is 35.1 Å². The first kappa shape index (κ1) is 18.2. The quantitative estimate of drug-likeness (QED) is 0.524. The molecule has 0 fully saturated rings. The van der Waals surface area contributed by atoms with E-state index in [0.717, 1.165) is 0 Å². The summed E-state index contributed by atoms with van der Waals surface area (Å²) in [7, 11) is 0. The van der Waals surface area contributed by atoms with E-state index >= 15 is 0 Å². The molecule has 20 heavy (non-hydrogen) atoms. The number of aliphatic carboxylic acids is 1. The number of hydrogen-bond acceptors (Lipinski definition) is 3. The summed E-state index contributed by atoms with van der Waals surface area (Å²) in [5.74, 6) is -1.32. The monoisotopic (exact) mass is 287 g/mol. The number of primary amides is 1. The van der Waals surface area contributed by atoms with Gasteiger partial charge in [-0.1, -0.05) is 27.7 Å². The summed E-state index contributed by atoms with van der Waals surface area (Å²) in [6.45, 7) is 7.53. The van der Waals surface area contributed by atoms with E-state index in [1.54, 1.807) is 0 Å². The zero-order valence-corrected chi connectivity index (χ0v) is 12.5. The first-order valence-corrected chi connectivity index (χ1v) is 6.72. The van der Waals surface area contributed by atoms with Crippen LogP contribution in [-0.2, 0) is 9.59 Å². The molecule has 116 valence electrons. The lowest BCUT2D eigenvalue weighted by Gasteiger charge is -2.22. The first-order valence-electron chi connectivity index (χ1n) is 6.72. The number of nitrogens with two attached hydrogens (primary N) is 1. The second kappa shape index (κ2) is 8.39. The largest absolute Gasteiger partial charge is 0.480 e. The Kier molecular flexibility index (Phi) is 7.64. The van der Waals surface area contributed by atoms with Crippen LogP contribution in [0.15, 0.2) is 0 Å². The number of carboxylic acid groups (broad SMARTS) is 1. The molecule has 0 heterocycles. The maximum absolute atomic E-state index is 12.1. The highest BCUT2D eigenvalue weighted by Crippen LogP contribution is 2.08. The summed E-state index contributed by atoms with van der Waals surface area (Å²) >= 11 is 0. The Labute approximate surface area is 119 Å². The van der Waals surface area contributed by atoms with Gasteiger partial charge in [0.1, 0.15) is 12.1 Å². The van der Waals surface area contributed by atoms with E-state index in [1.807, 2.05) is 27.7 Å². The van der Waals surface area contributed by atoms with Crippen molar-refractivity contribution < 1.29 is 19.5 Å². The molecule has 0 rings (SSSR count). The van der Waals surface area contributed by atoms with Crippen molar-refractivity contribution in [2.75, 3.05) is 0 Å². The maximum Gasteiger partial charge on any atom is 0.326 e. The lowest BCUT2D eigenvalue weighted by atomic mass is 10.0. The molecule has 0 aromatic heterocycles. The average Bonchev–Trinajstić information content (AvgIpc) is 2.24. The molecule has 0 aromatic rings. The van der Waals surface area contributed by atoms with Crippen molar-refractivity contribution in [1.29, 1.82) is 0 Å². The Morgan fingerprint density at radius 2 is 1.40 bits per heavy atom. The first-order chi connectivity index (χ1) is 9.13. The summed E-state index contributed by atoms with van der Waals surface area (Å²) in [4.78, 5) is 34.1. The zero-order chi connectivity index (χ0) is 15.9. The number of carboxylic acids is 1. The Morgan fingerprint density at radius 1 is 0.950 bits per heavy atom. The van der Waals surface area contributed by atoms with Crippen molar-refractivity contribution in [3.05, 3.63) is 0 Å². The van der Waals surface area contributed by atoms with Gasteiger partial charge >= 0.3 is 12.0 Å². The van der Waals surface area contributed by atoms with Crippen molar-refractivity contribution in [2.45, 2.75) is 52.6 Å². The van der Waals surface area contributed by atoms with E-state index < -0.39 is 30.0 Å². The number of hydrogen-bond donors (Lipinski definition) is 4. The molecule has 0 aliphatic rings. The predicted molar refractivity (Wildman–Crippen MR) is 75.0 cm³/mol. The van der Waals surface area contributed by atoms with Crippen LogP contribution >= 0.6 is 0 Å². The van der Waals surface area contributed by atoms with Crippen LogP contribution in [0.3, 0.4) is 0 Å². The highest BCUT2D eigenvalue weighted by atomic mass is 16.4. The highest BCUT2D eigenvalue weighted by Gasteiger charge is 2.27. The van der Waals surface area contributed by atoms with Crippen LogP contribution in [0, 0.1) is 11.8 Å². The van der Waals surface area contributed by atoms with Gasteiger partial charge in [0, 0.05) is 0 Å². The van der Waals surface area contributed by atoms with Crippen molar-refractivity contribution in [1.82, 2.24) is 10.6 Å². The summed E-state index contributed by atoms with van der Waals surface area (Å²) < 4.78 is 0. The van der Waals surface area contributed by atoms with Gasteiger partial charge in [0.2, 0.25) is 5.91 Å². The third-order valence-corrected chi connectivity index (χ3v) is 2.66. The molecule has 0 aromatic carbocycles. The van der Waals surface area contributed by atoms with Crippen LogP contribution in [0.2, 0.25) is 0 Å². The fraction of sp³-hybridized carbons (Fsp3) is 0.769. The third kappa shape index (κ3) is 7.60. The fourth-order valence-corrected chi connectivity index (χ4v) is 1.84. The Balaban J connectivity index is 4.77. The Hall–Kier alpha value is -1.79. The van der Waals surface area contributed by atoms with Gasteiger partial charge in [-0.2, -0.15) is 0 Å². The SMILES string of the molecule is CC(C)CC(NC(N)=O)C(=O)N[C@@H](CC(C)C)C(=O)O. The van der Waals surface area contributed by atoms with Crippen molar-refractivity contribution >= 4 is 17.9 Å². The maximum atomic E-state index is 12.1. The fourth-order valence-electron chi connectivity index (χ4n) is 1.84. The molecule has 0 radical (unpaired) electrons. The van der Waals surface area contributed by atoms with Gasteiger partial charge in [-0.05, 0) is 24.7 Å². The van der Waals surface area contributed by atoms with E-state index in [9.17, 15) is 14.4 Å². The van der Waals surface area contributed by atoms with Crippen LogP contribution in [0.5, 0.6) is 0 Å². The molecule has 0 saturated carbocycles. The standard InChI is InChI=1S/C13H25N3O4/c1-7(2)5-9(16-13(14)20)11(17)15-10(12(18)19)6-8(3)4/h7-10H,5-6H2,1-4H3,(H,15,17)(H,18,19)(H3,14,16,20)/t9?,10-/m0/s1.